The number of nitrogens with zero attached hydrogens (tertiary/aromatic N) is 2. The van der Waals surface area contributed by atoms with E-state index in [1.165, 1.54) is 29.2 Å². The normalized spacial score (nSPS) is 21.9. The second-order valence-corrected chi connectivity index (χ2v) is 26.1. The summed E-state index contributed by atoms with van der Waals surface area (Å²) in [5.41, 5.74) is 0.994. The van der Waals surface area contributed by atoms with Gasteiger partial charge in [-0.2, -0.15) is 0 Å². The molecule has 0 spiro atoms. The van der Waals surface area contributed by atoms with Gasteiger partial charge >= 0.3 is 23.9 Å². The summed E-state index contributed by atoms with van der Waals surface area (Å²) in [7, 11) is 0. The van der Waals surface area contributed by atoms with E-state index in [0.717, 1.165) is 22.4 Å². The third-order valence-corrected chi connectivity index (χ3v) is 15.7. The van der Waals surface area contributed by atoms with E-state index in [4.69, 9.17) is 52.1 Å². The molecule has 1 unspecified atom stereocenters. The zero-order valence-corrected chi connectivity index (χ0v) is 58.3. The van der Waals surface area contributed by atoms with E-state index in [2.05, 4.69) is 10.6 Å². The summed E-state index contributed by atoms with van der Waals surface area (Å²) in [6.45, 7) is 14.4. The molecular weight excluding hydrogens is 1350 g/mol. The van der Waals surface area contributed by atoms with Crippen LogP contribution >= 0.6 is 0 Å². The number of hydrogen-bond acceptors (Lipinski definition) is 27. The van der Waals surface area contributed by atoms with E-state index in [9.17, 15) is 88.8 Å². The minimum Gasteiger partial charge on any atom is -0.479 e. The number of aliphatic hydroxyl groups excluding tert-OH is 6. The Hall–Kier alpha value is -7.90. The number of ether oxygens (including phenoxy) is 11. The molecule has 6 rings (SSSR count). The van der Waals surface area contributed by atoms with Crippen molar-refractivity contribution >= 4 is 59.3 Å². The summed E-state index contributed by atoms with van der Waals surface area (Å²) in [4.78, 5) is 120. The molecule has 102 heavy (non-hydrogen) atoms. The maximum atomic E-state index is 12.5. The largest absolute Gasteiger partial charge is 0.479 e. The molecule has 4 aliphatic heterocycles. The topological polar surface area (TPSA) is 465 Å². The van der Waals surface area contributed by atoms with Crippen LogP contribution in [-0.4, -0.2) is 264 Å². The first-order valence-corrected chi connectivity index (χ1v) is 33.6. The van der Waals surface area contributed by atoms with Gasteiger partial charge in [-0.25, -0.2) is 9.59 Å². The highest BCUT2D eigenvalue weighted by atomic mass is 16.7. The molecule has 2 saturated heterocycles. The molecule has 0 radical (unpaired) electrons. The predicted molar refractivity (Wildman–Crippen MR) is 353 cm³/mol. The minimum absolute atomic E-state index is 0.00198. The van der Waals surface area contributed by atoms with Crippen LogP contribution in [0.3, 0.4) is 0 Å². The Morgan fingerprint density at radius 1 is 0.441 bits per heavy atom. The Balaban J connectivity index is 0.000000370. The van der Waals surface area contributed by atoms with Crippen LogP contribution in [0.1, 0.15) is 109 Å². The Bertz CT molecular complexity index is 3130. The van der Waals surface area contributed by atoms with Crippen molar-refractivity contribution < 1.29 is 141 Å². The molecule has 4 aliphatic rings. The van der Waals surface area contributed by atoms with E-state index in [0.29, 0.717) is 129 Å². The quantitative estimate of drug-likeness (QED) is 0.0239. The summed E-state index contributed by atoms with van der Waals surface area (Å²) >= 11 is 0. The maximum Gasteiger partial charge on any atom is 0.335 e. The summed E-state index contributed by atoms with van der Waals surface area (Å²) in [6.07, 6.45) is -8.12. The second-order valence-electron chi connectivity index (χ2n) is 26.1. The van der Waals surface area contributed by atoms with Gasteiger partial charge in [-0.3, -0.25) is 48.2 Å². The Labute approximate surface area is 590 Å². The highest BCUT2D eigenvalue weighted by Gasteiger charge is 2.50. The highest BCUT2D eigenvalue weighted by molar-refractivity contribution is 6.13. The lowest BCUT2D eigenvalue weighted by atomic mass is 9.97. The number of nitrogens with one attached hydrogen (secondary N) is 2. The standard InChI is InChI=1S/C37H54N2O15.C32H44N2O14/c1-37(2,3)36(48)52-23-25-22-24(10-11-26(25)53-35-32(45)30(43)31(44)33(54-35)34(46)47)8-7-16-49-18-20-51-21-19-50-17-14-38-27(40)9-5-4-6-15-39-28(41)12-13-29(39)42;1-32(2,3)31(43)46-18-20-17-19(6-7-21(20)47-30-27(40)25(38)26(39)28(48-30)29(41)42)5-4-13-44-15-16-45-14-11-33-22(35)10-12-34-23(36)8-9-24(34)37/h10-13,22,30-33,35,43-45H,4-9,14-21,23H2,1-3H3,(H,38,40)(H,46,47);6-9,17,25-28,30,38-40H,4-5,10-16,18H2,1-3H3,(H,33,35)(H,41,42)/t30-,31-,32+,33-,35+;25-,26-,27+,28-,30?/m00/s1. The smallest absolute Gasteiger partial charge is 0.335 e. The van der Waals surface area contributed by atoms with Crippen molar-refractivity contribution in [2.24, 2.45) is 10.8 Å². The first-order valence-electron chi connectivity index (χ1n) is 33.6. The van der Waals surface area contributed by atoms with Crippen molar-refractivity contribution in [1.82, 2.24) is 20.4 Å². The first kappa shape index (κ1) is 84.8. The van der Waals surface area contributed by atoms with Gasteiger partial charge in [-0.1, -0.05) is 18.6 Å². The number of aliphatic hydroxyl groups is 6. The van der Waals surface area contributed by atoms with Crippen LogP contribution < -0.4 is 20.1 Å². The number of carbonyl (C=O) groups excluding carboxylic acids is 8. The number of amides is 6. The van der Waals surface area contributed by atoms with Crippen LogP contribution in [0.5, 0.6) is 11.5 Å². The number of esters is 2. The molecule has 2 fully saturated rings. The van der Waals surface area contributed by atoms with E-state index < -0.39 is 108 Å². The van der Waals surface area contributed by atoms with Crippen LogP contribution in [0.2, 0.25) is 0 Å². The number of imide groups is 2. The SMILES string of the molecule is CC(C)(C)C(=O)OCc1cc(CCCOCCOCCNC(=O)CCN2C(=O)C=CC2=O)ccc1OC1O[C@H](C(=O)O)[C@@H](O)[C@H](O)[C@H]1O.CC(C)(C)C(=O)OCc1cc(CCCOCCOCCOCCNC(=O)CCCCCN2C(=O)C=CC2=O)ccc1O[C@@H]1O[C@H](C(=O)O)[C@@H](O)[C@H](O)[C@H]1O. The number of rotatable bonds is 42. The van der Waals surface area contributed by atoms with Crippen molar-refractivity contribution in [3.05, 3.63) is 83.0 Å². The Morgan fingerprint density at radius 2 is 0.804 bits per heavy atom. The molecule has 33 nitrogen and oxygen atoms in total. The summed E-state index contributed by atoms with van der Waals surface area (Å²) in [5, 5.41) is 85.2. The van der Waals surface area contributed by atoms with Gasteiger partial charge in [-0.15, -0.1) is 0 Å². The number of benzene rings is 2. The van der Waals surface area contributed by atoms with Gasteiger partial charge in [0.2, 0.25) is 24.4 Å². The van der Waals surface area contributed by atoms with E-state index in [1.807, 2.05) is 0 Å². The van der Waals surface area contributed by atoms with Crippen molar-refractivity contribution in [1.29, 1.82) is 0 Å². The van der Waals surface area contributed by atoms with Crippen LogP contribution in [-0.2, 0) is 117 Å². The molecule has 2 aromatic rings. The van der Waals surface area contributed by atoms with Gasteiger partial charge in [0.15, 0.2) is 12.2 Å². The predicted octanol–water partition coefficient (Wildman–Crippen LogP) is 0.0749. The number of hydrogen-bond donors (Lipinski definition) is 10. The Morgan fingerprint density at radius 3 is 1.19 bits per heavy atom. The zero-order valence-electron chi connectivity index (χ0n) is 58.3. The number of carboxylic acid groups (broad SMARTS) is 2. The average Bonchev–Trinajstić information content (AvgIpc) is 1.09. The monoisotopic (exact) mass is 1450 g/mol. The summed E-state index contributed by atoms with van der Waals surface area (Å²) < 4.78 is 60.6. The van der Waals surface area contributed by atoms with E-state index in [-0.39, 0.29) is 74.5 Å². The molecule has 568 valence electrons. The fourth-order valence-corrected chi connectivity index (χ4v) is 9.87. The molecule has 4 heterocycles. The highest BCUT2D eigenvalue weighted by Crippen LogP contribution is 2.32. The zero-order chi connectivity index (χ0) is 75.1. The van der Waals surface area contributed by atoms with Gasteiger partial charge in [0.25, 0.3) is 23.6 Å². The number of carbonyl (C=O) groups is 10. The van der Waals surface area contributed by atoms with E-state index >= 15 is 0 Å². The molecule has 10 N–H and O–H groups in total. The molecule has 2 aromatic carbocycles. The summed E-state index contributed by atoms with van der Waals surface area (Å²) in [6, 6.07) is 10.1. The summed E-state index contributed by atoms with van der Waals surface area (Å²) in [5.74, 6) is -5.60. The average molecular weight is 1450 g/mol. The van der Waals surface area contributed by atoms with E-state index in [1.54, 1.807) is 77.9 Å². The van der Waals surface area contributed by atoms with Gasteiger partial charge < -0.3 is 104 Å². The van der Waals surface area contributed by atoms with Crippen molar-refractivity contribution in [2.45, 2.75) is 174 Å². The van der Waals surface area contributed by atoms with Gasteiger partial charge in [-0.05, 0) is 115 Å². The molecule has 0 aromatic heterocycles. The van der Waals surface area contributed by atoms with Crippen molar-refractivity contribution in [3.63, 3.8) is 0 Å². The van der Waals surface area contributed by atoms with Gasteiger partial charge in [0.05, 0.1) is 63.7 Å². The molecule has 6 amide bonds. The van der Waals surface area contributed by atoms with Crippen LogP contribution in [0, 0.1) is 10.8 Å². The lowest BCUT2D eigenvalue weighted by molar-refractivity contribution is -0.271. The van der Waals surface area contributed by atoms with Crippen LogP contribution in [0.15, 0.2) is 60.7 Å². The maximum absolute atomic E-state index is 12.5. The second kappa shape index (κ2) is 42.6. The first-order chi connectivity index (χ1) is 48.4. The molecule has 0 bridgehead atoms. The van der Waals surface area contributed by atoms with Crippen molar-refractivity contribution in [2.75, 3.05) is 92.2 Å². The number of unbranched alkanes of at least 4 members (excludes halogenated alkanes) is 2. The van der Waals surface area contributed by atoms with Gasteiger partial charge in [0, 0.05) is 87.7 Å². The van der Waals surface area contributed by atoms with Crippen LogP contribution in [0.4, 0.5) is 0 Å². The molecule has 33 heteroatoms. The van der Waals surface area contributed by atoms with Gasteiger partial charge in [0.1, 0.15) is 61.3 Å². The number of aliphatic carboxylic acids is 2. The lowest BCUT2D eigenvalue weighted by Gasteiger charge is -2.38. The molecule has 0 aliphatic carbocycles. The molecular formula is C69H98N4O29. The molecule has 10 atom stereocenters. The third-order valence-electron chi connectivity index (χ3n) is 15.7. The Kier molecular flexibility index (Phi) is 35.4. The van der Waals surface area contributed by atoms with Crippen molar-refractivity contribution in [3.8, 4) is 11.5 Å². The number of aryl methyl sites for hydroxylation is 2. The molecule has 0 saturated carbocycles. The third kappa shape index (κ3) is 28.4. The fourth-order valence-electron chi connectivity index (χ4n) is 9.87. The fraction of sp³-hybridized carbons (Fsp3) is 0.623. The van der Waals surface area contributed by atoms with Crippen LogP contribution in [0.25, 0.3) is 0 Å². The minimum atomic E-state index is -1.87. The number of carboxylic acids is 2. The lowest BCUT2D eigenvalue weighted by Crippen LogP contribution is -2.61.